The first-order valence-corrected chi connectivity index (χ1v) is 14.5. The van der Waals surface area contributed by atoms with Gasteiger partial charge >= 0.3 is 12.1 Å². The molecule has 1 aliphatic carbocycles. The zero-order valence-electron chi connectivity index (χ0n) is 23.1. The summed E-state index contributed by atoms with van der Waals surface area (Å²) in [6.45, 7) is 2.61. The summed E-state index contributed by atoms with van der Waals surface area (Å²) in [4.78, 5) is 42.8. The zero-order chi connectivity index (χ0) is 31.9. The number of hydrogen-bond acceptors (Lipinski definition) is 8. The lowest BCUT2D eigenvalue weighted by Gasteiger charge is -2.38. The summed E-state index contributed by atoms with van der Waals surface area (Å²) in [5, 5.41) is 34.4. The Kier molecular flexibility index (Phi) is 8.82. The fourth-order valence-electron chi connectivity index (χ4n) is 5.02. The number of anilines is 2. The number of nitrogens with zero attached hydrogens (tertiary/aromatic N) is 6. The molecular weight excluding hydrogens is 662 g/mol. The van der Waals surface area contributed by atoms with Crippen molar-refractivity contribution >= 4 is 81.5 Å². The number of hydrogen-bond donors (Lipinski definition) is 3. The van der Waals surface area contributed by atoms with Gasteiger partial charge in [-0.05, 0) is 68.0 Å². The maximum atomic E-state index is 13.9. The fraction of sp³-hybridized carbons (Fsp3) is 0.308. The van der Waals surface area contributed by atoms with E-state index >= 15 is 0 Å². The lowest BCUT2D eigenvalue weighted by atomic mass is 9.99. The topological polar surface area (TPSA) is 171 Å². The Bertz CT molecular complexity index is 1680. The van der Waals surface area contributed by atoms with Crippen molar-refractivity contribution in [3.05, 3.63) is 73.1 Å². The van der Waals surface area contributed by atoms with Crippen LogP contribution < -0.4 is 20.5 Å². The molecule has 0 spiro atoms. The highest BCUT2D eigenvalue weighted by Gasteiger charge is 2.56. The molecule has 5 rings (SSSR count). The molecule has 2 heterocycles. The number of carbonyl (C=O) groups excluding carboxylic acids is 3. The third-order valence-electron chi connectivity index (χ3n) is 7.22. The van der Waals surface area contributed by atoms with Gasteiger partial charge in [0.1, 0.15) is 12.3 Å². The van der Waals surface area contributed by atoms with Crippen LogP contribution in [-0.4, -0.2) is 62.3 Å². The second kappa shape index (κ2) is 12.3. The van der Waals surface area contributed by atoms with Crippen molar-refractivity contribution in [2.75, 3.05) is 16.8 Å². The number of hydroxylamine groups is 2. The minimum atomic E-state index is -1.38. The van der Waals surface area contributed by atoms with Crippen LogP contribution in [0.5, 0.6) is 0 Å². The number of carbonyl (C=O) groups is 3. The van der Waals surface area contributed by atoms with Gasteiger partial charge < -0.3 is 15.4 Å². The molecule has 0 radical (unpaired) electrons. The van der Waals surface area contributed by atoms with E-state index in [1.165, 1.54) is 41.3 Å². The minimum absolute atomic E-state index is 0.115. The normalized spacial score (nSPS) is 18.4. The van der Waals surface area contributed by atoms with Crippen molar-refractivity contribution in [2.45, 2.75) is 44.8 Å². The van der Waals surface area contributed by atoms with Gasteiger partial charge in [-0.1, -0.05) is 46.4 Å². The van der Waals surface area contributed by atoms with E-state index in [4.69, 9.17) is 46.4 Å². The van der Waals surface area contributed by atoms with Gasteiger partial charge in [-0.15, -0.1) is 0 Å². The van der Waals surface area contributed by atoms with Gasteiger partial charge in [0.15, 0.2) is 6.17 Å². The molecule has 1 aromatic heterocycles. The van der Waals surface area contributed by atoms with Gasteiger partial charge in [0.25, 0.3) is 11.6 Å². The van der Waals surface area contributed by atoms with Crippen molar-refractivity contribution in [3.8, 4) is 0 Å². The molecule has 1 unspecified atom stereocenters. The molecule has 18 heteroatoms. The van der Waals surface area contributed by atoms with Crippen molar-refractivity contribution in [1.29, 1.82) is 0 Å². The maximum Gasteiger partial charge on any atom is 0.347 e. The number of aromatic nitrogens is 2. The summed E-state index contributed by atoms with van der Waals surface area (Å²) in [6, 6.07) is 6.92. The Labute approximate surface area is 270 Å². The van der Waals surface area contributed by atoms with Gasteiger partial charge in [-0.25, -0.2) is 15.0 Å². The maximum absolute atomic E-state index is 13.9. The molecule has 232 valence electrons. The van der Waals surface area contributed by atoms with E-state index in [9.17, 15) is 24.8 Å². The average Bonchev–Trinajstić information content (AvgIpc) is 3.45. The molecule has 5 amide bonds. The largest absolute Gasteiger partial charge is 0.359 e. The third-order valence-corrected chi connectivity index (χ3v) is 8.70. The molecule has 2 aromatic carbocycles. The fourth-order valence-corrected chi connectivity index (χ4v) is 5.61. The zero-order valence-corrected chi connectivity index (χ0v) is 26.1. The molecule has 1 fully saturated rings. The van der Waals surface area contributed by atoms with E-state index < -0.39 is 36.2 Å². The van der Waals surface area contributed by atoms with Crippen molar-refractivity contribution < 1.29 is 29.1 Å². The van der Waals surface area contributed by atoms with Gasteiger partial charge in [0.05, 0.1) is 25.6 Å². The van der Waals surface area contributed by atoms with Crippen LogP contribution in [0.15, 0.2) is 46.1 Å². The van der Waals surface area contributed by atoms with E-state index in [1.807, 2.05) is 0 Å². The first kappa shape index (κ1) is 31.6. The highest BCUT2D eigenvalue weighted by molar-refractivity contribution is 6.42. The predicted molar refractivity (Wildman–Crippen MR) is 161 cm³/mol. The number of nitrogens with one attached hydrogen (secondary N) is 2. The number of rotatable bonds is 6. The van der Waals surface area contributed by atoms with Gasteiger partial charge in [0, 0.05) is 23.0 Å². The van der Waals surface area contributed by atoms with Crippen molar-refractivity contribution in [3.63, 3.8) is 0 Å². The van der Waals surface area contributed by atoms with Gasteiger partial charge in [-0.3, -0.25) is 19.5 Å². The van der Waals surface area contributed by atoms with E-state index in [-0.39, 0.29) is 37.2 Å². The summed E-state index contributed by atoms with van der Waals surface area (Å²) < 4.78 is 4.64. The number of fused-ring (bicyclic) bond motifs is 1. The predicted octanol–water partition coefficient (Wildman–Crippen LogP) is 5.05. The first-order valence-electron chi connectivity index (χ1n) is 13.0. The van der Waals surface area contributed by atoms with Crippen molar-refractivity contribution in [1.82, 2.24) is 20.5 Å². The second-order valence-electron chi connectivity index (χ2n) is 10.4. The number of amides is 5. The summed E-state index contributed by atoms with van der Waals surface area (Å²) >= 11 is 24.3. The molecule has 3 aromatic rings. The smallest absolute Gasteiger partial charge is 0.347 e. The molecule has 1 atom stereocenters. The van der Waals surface area contributed by atoms with Crippen LogP contribution >= 0.6 is 46.4 Å². The molecule has 0 bridgehead atoms. The molecule has 2 aliphatic rings. The van der Waals surface area contributed by atoms with Crippen LogP contribution in [0.4, 0.5) is 21.0 Å². The van der Waals surface area contributed by atoms with Crippen LogP contribution in [0.1, 0.15) is 38.1 Å². The SMILES string of the molecule is CC1(C)C(N(O)C(=O)Nc2ccc(Cl)c(Cl)c2)N(c2ccc(Cl)c(Cl)c2)C(=O)N1CC(=O)NN=C1CCCc2c1no[n+]2[O-]. The quantitative estimate of drug-likeness (QED) is 0.185. The van der Waals surface area contributed by atoms with E-state index in [2.05, 4.69) is 25.6 Å². The highest BCUT2D eigenvalue weighted by Crippen LogP contribution is 2.39. The van der Waals surface area contributed by atoms with Crippen molar-refractivity contribution in [2.24, 2.45) is 5.10 Å². The highest BCUT2D eigenvalue weighted by atomic mass is 35.5. The molecular formula is C26H24Cl4N8O6. The minimum Gasteiger partial charge on any atom is -0.359 e. The van der Waals surface area contributed by atoms with E-state index in [1.54, 1.807) is 13.8 Å². The summed E-state index contributed by atoms with van der Waals surface area (Å²) in [6.07, 6.45) is 0.111. The number of benzene rings is 2. The number of urea groups is 2. The summed E-state index contributed by atoms with van der Waals surface area (Å²) in [5.74, 6) is -0.691. The summed E-state index contributed by atoms with van der Waals surface area (Å²) in [7, 11) is 0. The molecule has 14 nitrogen and oxygen atoms in total. The monoisotopic (exact) mass is 684 g/mol. The van der Waals surface area contributed by atoms with Gasteiger partial charge in [-0.2, -0.15) is 10.2 Å². The van der Waals surface area contributed by atoms with Crippen LogP contribution in [0.25, 0.3) is 0 Å². The Morgan fingerprint density at radius 3 is 2.50 bits per heavy atom. The number of halogens is 4. The molecule has 1 saturated heterocycles. The Balaban J connectivity index is 1.42. The van der Waals surface area contributed by atoms with E-state index in [0.29, 0.717) is 40.6 Å². The van der Waals surface area contributed by atoms with Crippen LogP contribution in [-0.2, 0) is 11.2 Å². The third kappa shape index (κ3) is 5.95. The summed E-state index contributed by atoms with van der Waals surface area (Å²) in [5.41, 5.74) is 2.34. The lowest BCUT2D eigenvalue weighted by Crippen LogP contribution is -2.58. The van der Waals surface area contributed by atoms with Crippen LogP contribution in [0.3, 0.4) is 0 Å². The number of hydrazone groups is 1. The average molecular weight is 686 g/mol. The Hall–Kier alpha value is -3.82. The molecule has 0 saturated carbocycles. The second-order valence-corrected chi connectivity index (χ2v) is 12.1. The molecule has 44 heavy (non-hydrogen) atoms. The Morgan fingerprint density at radius 2 is 1.82 bits per heavy atom. The standard InChI is InChI=1S/C26H24Cl4N8O6/c1-26(2)23(37(42)24(40)31-13-6-8-15(27)17(29)10-13)36(14-7-9-16(28)18(30)11-14)25(41)35(26)12-21(39)33-32-19-4-3-5-20-22(19)34-44-38(20)43/h6-11,23,42H,3-5,12H2,1-2H3,(H,31,40)(H,33,39). The first-order chi connectivity index (χ1) is 20.8. The van der Waals surface area contributed by atoms with Crippen LogP contribution in [0.2, 0.25) is 20.1 Å². The Morgan fingerprint density at radius 1 is 1.14 bits per heavy atom. The van der Waals surface area contributed by atoms with Crippen LogP contribution in [0, 0.1) is 5.21 Å². The lowest BCUT2D eigenvalue weighted by molar-refractivity contribution is -0.808. The molecule has 1 aliphatic heterocycles. The van der Waals surface area contributed by atoms with Gasteiger partial charge in [0.2, 0.25) is 5.69 Å². The molecule has 3 N–H and O–H groups in total. The van der Waals surface area contributed by atoms with E-state index in [0.717, 1.165) is 4.90 Å².